The molecular weight excluding hydrogens is 502 g/mol. The Labute approximate surface area is 217 Å². The number of urea groups is 1. The van der Waals surface area contributed by atoms with Gasteiger partial charge in [-0.25, -0.2) is 14.5 Å². The van der Waals surface area contributed by atoms with E-state index in [1.807, 2.05) is 30.3 Å². The Balaban J connectivity index is 1.59. The zero-order chi connectivity index (χ0) is 26.0. The van der Waals surface area contributed by atoms with Crippen molar-refractivity contribution in [1.29, 1.82) is 0 Å². The summed E-state index contributed by atoms with van der Waals surface area (Å²) in [6, 6.07) is 15.8. The molecule has 10 heteroatoms. The van der Waals surface area contributed by atoms with Crippen LogP contribution in [-0.2, 0) is 19.9 Å². The Bertz CT molecular complexity index is 1330. The van der Waals surface area contributed by atoms with E-state index >= 15 is 0 Å². The van der Waals surface area contributed by atoms with Gasteiger partial charge < -0.3 is 15.4 Å². The number of nitrogens with zero attached hydrogens (tertiary/aromatic N) is 1. The Morgan fingerprint density at radius 2 is 1.81 bits per heavy atom. The molecule has 1 aliphatic heterocycles. The molecule has 1 aliphatic rings. The minimum atomic E-state index is -1.35. The van der Waals surface area contributed by atoms with Gasteiger partial charge in [0.2, 0.25) is 5.91 Å². The molecule has 4 amide bonds. The van der Waals surface area contributed by atoms with Gasteiger partial charge in [0.25, 0.3) is 5.91 Å². The van der Waals surface area contributed by atoms with Crippen LogP contribution in [0.15, 0.2) is 60.7 Å². The predicted octanol–water partition coefficient (Wildman–Crippen LogP) is 5.04. The summed E-state index contributed by atoms with van der Waals surface area (Å²) in [6.07, 6.45) is 0. The summed E-state index contributed by atoms with van der Waals surface area (Å²) in [5.74, 6) is -1.77. The normalized spacial score (nSPS) is 18.1. The quantitative estimate of drug-likeness (QED) is 0.332. The summed E-state index contributed by atoms with van der Waals surface area (Å²) in [6.45, 7) is 4.89. The molecule has 0 bridgehead atoms. The van der Waals surface area contributed by atoms with Crippen LogP contribution >= 0.6 is 22.9 Å². The van der Waals surface area contributed by atoms with E-state index in [2.05, 4.69) is 10.6 Å². The molecule has 1 saturated heterocycles. The first-order valence-electron chi connectivity index (χ1n) is 11.2. The van der Waals surface area contributed by atoms with Gasteiger partial charge in [0.1, 0.15) is 16.6 Å². The van der Waals surface area contributed by atoms with Gasteiger partial charge >= 0.3 is 12.0 Å². The summed E-state index contributed by atoms with van der Waals surface area (Å²) < 4.78 is 5.16. The fourth-order valence-corrected chi connectivity index (χ4v) is 5.09. The number of amides is 4. The molecule has 1 aromatic heterocycles. The number of esters is 1. The Kier molecular flexibility index (Phi) is 7.14. The number of anilines is 1. The number of nitrogens with one attached hydrogen (secondary N) is 2. The number of imide groups is 1. The Morgan fingerprint density at radius 3 is 2.44 bits per heavy atom. The fourth-order valence-electron chi connectivity index (χ4n) is 3.91. The maximum absolute atomic E-state index is 13.3. The van der Waals surface area contributed by atoms with E-state index in [0.29, 0.717) is 10.6 Å². The fraction of sp³-hybridized carbons (Fsp3) is 0.231. The van der Waals surface area contributed by atoms with Gasteiger partial charge in [-0.3, -0.25) is 9.59 Å². The van der Waals surface area contributed by atoms with Crippen molar-refractivity contribution in [3.63, 3.8) is 0 Å². The summed E-state index contributed by atoms with van der Waals surface area (Å²) >= 11 is 7.16. The van der Waals surface area contributed by atoms with E-state index in [0.717, 1.165) is 15.3 Å². The van der Waals surface area contributed by atoms with Crippen molar-refractivity contribution in [2.75, 3.05) is 11.9 Å². The van der Waals surface area contributed by atoms with Gasteiger partial charge in [0.15, 0.2) is 0 Å². The summed E-state index contributed by atoms with van der Waals surface area (Å²) in [7, 11) is 0. The largest absolute Gasteiger partial charge is 0.462 e. The monoisotopic (exact) mass is 525 g/mol. The predicted molar refractivity (Wildman–Crippen MR) is 138 cm³/mol. The zero-order valence-corrected chi connectivity index (χ0v) is 21.4. The van der Waals surface area contributed by atoms with Gasteiger partial charge in [0.05, 0.1) is 12.2 Å². The lowest BCUT2D eigenvalue weighted by molar-refractivity contribution is -0.136. The number of hydrogen-bond donors (Lipinski definition) is 2. The average molecular weight is 526 g/mol. The van der Waals surface area contributed by atoms with Crippen LogP contribution in [-0.4, -0.2) is 41.4 Å². The number of benzene rings is 2. The highest BCUT2D eigenvalue weighted by Crippen LogP contribution is 2.37. The number of ether oxygens (including phenoxy) is 1. The van der Waals surface area contributed by atoms with Crippen molar-refractivity contribution < 1.29 is 23.9 Å². The second-order valence-corrected chi connectivity index (χ2v) is 9.83. The van der Waals surface area contributed by atoms with Crippen LogP contribution in [0.4, 0.5) is 9.80 Å². The van der Waals surface area contributed by atoms with Gasteiger partial charge in [0, 0.05) is 9.90 Å². The molecule has 0 unspecified atom stereocenters. The highest BCUT2D eigenvalue weighted by atomic mass is 35.5. The highest BCUT2D eigenvalue weighted by Gasteiger charge is 2.51. The van der Waals surface area contributed by atoms with Crippen molar-refractivity contribution in [3.05, 3.63) is 76.8 Å². The topological polar surface area (TPSA) is 105 Å². The number of thiophene rings is 1. The molecule has 0 saturated carbocycles. The standard InChI is InChI=1S/C26H24ClN3O5S/c1-4-35-23(32)19-14-20(16-8-6-5-7-9-16)36-22(19)28-21(31)15(2)30-24(33)26(3,29-25(30)34)17-10-12-18(27)13-11-17/h5-15H,4H2,1-3H3,(H,28,31)(H,29,34)/t15-,26-/m0/s1. The molecule has 2 heterocycles. The zero-order valence-electron chi connectivity index (χ0n) is 19.8. The van der Waals surface area contributed by atoms with E-state index < -0.39 is 35.4 Å². The lowest BCUT2D eigenvalue weighted by atomic mass is 9.92. The lowest BCUT2D eigenvalue weighted by Gasteiger charge is -2.24. The first kappa shape index (κ1) is 25.4. The molecule has 2 N–H and O–H groups in total. The number of carbonyl (C=O) groups is 4. The minimum absolute atomic E-state index is 0.171. The van der Waals surface area contributed by atoms with E-state index in [1.54, 1.807) is 44.2 Å². The van der Waals surface area contributed by atoms with Gasteiger partial charge in [-0.05, 0) is 50.1 Å². The van der Waals surface area contributed by atoms with Gasteiger partial charge in [-0.1, -0.05) is 54.1 Å². The van der Waals surface area contributed by atoms with Crippen LogP contribution in [0.25, 0.3) is 10.4 Å². The maximum atomic E-state index is 13.3. The van der Waals surface area contributed by atoms with E-state index in [-0.39, 0.29) is 17.2 Å². The molecule has 4 rings (SSSR count). The Hall–Kier alpha value is -3.69. The molecule has 2 aromatic carbocycles. The van der Waals surface area contributed by atoms with Gasteiger partial charge in [-0.15, -0.1) is 11.3 Å². The van der Waals surface area contributed by atoms with E-state index in [9.17, 15) is 19.2 Å². The third kappa shape index (κ3) is 4.72. The van der Waals surface area contributed by atoms with Crippen molar-refractivity contribution >= 4 is 51.8 Å². The number of carbonyl (C=O) groups excluding carboxylic acids is 4. The Morgan fingerprint density at radius 1 is 1.14 bits per heavy atom. The summed E-state index contributed by atoms with van der Waals surface area (Å²) in [5.41, 5.74) is 0.255. The minimum Gasteiger partial charge on any atom is -0.462 e. The van der Waals surface area contributed by atoms with Crippen LogP contribution in [0.2, 0.25) is 5.02 Å². The second-order valence-electron chi connectivity index (χ2n) is 8.34. The first-order valence-corrected chi connectivity index (χ1v) is 12.4. The van der Waals surface area contributed by atoms with E-state index in [4.69, 9.17) is 16.3 Å². The first-order chi connectivity index (χ1) is 17.2. The molecule has 0 radical (unpaired) electrons. The average Bonchev–Trinajstić information content (AvgIpc) is 3.38. The van der Waals surface area contributed by atoms with Crippen LogP contribution in [0.1, 0.15) is 36.7 Å². The van der Waals surface area contributed by atoms with Crippen molar-refractivity contribution in [3.8, 4) is 10.4 Å². The third-order valence-corrected chi connectivity index (χ3v) is 7.28. The number of rotatable bonds is 7. The molecule has 0 spiro atoms. The van der Waals surface area contributed by atoms with Crippen molar-refractivity contribution in [2.24, 2.45) is 0 Å². The van der Waals surface area contributed by atoms with Crippen LogP contribution in [0.3, 0.4) is 0 Å². The molecule has 3 aromatic rings. The molecular formula is C26H24ClN3O5S. The van der Waals surface area contributed by atoms with Gasteiger partial charge in [-0.2, -0.15) is 0 Å². The summed E-state index contributed by atoms with van der Waals surface area (Å²) in [4.78, 5) is 53.6. The molecule has 2 atom stereocenters. The third-order valence-electron chi connectivity index (χ3n) is 5.93. The summed E-state index contributed by atoms with van der Waals surface area (Å²) in [5, 5.41) is 6.17. The molecule has 1 fully saturated rings. The SMILES string of the molecule is CCOC(=O)c1cc(-c2ccccc2)sc1NC(=O)[C@H](C)N1C(=O)N[C@@](C)(c2ccc(Cl)cc2)C1=O. The lowest BCUT2D eigenvalue weighted by Crippen LogP contribution is -2.47. The molecule has 186 valence electrons. The van der Waals surface area contributed by atoms with Crippen molar-refractivity contribution in [2.45, 2.75) is 32.4 Å². The van der Waals surface area contributed by atoms with Crippen molar-refractivity contribution in [1.82, 2.24) is 10.2 Å². The van der Waals surface area contributed by atoms with Crippen LogP contribution in [0.5, 0.6) is 0 Å². The molecule has 36 heavy (non-hydrogen) atoms. The second kappa shape index (κ2) is 10.1. The van der Waals surface area contributed by atoms with E-state index in [1.165, 1.54) is 18.3 Å². The van der Waals surface area contributed by atoms with Crippen LogP contribution < -0.4 is 10.6 Å². The number of halogens is 1. The number of hydrogen-bond acceptors (Lipinski definition) is 6. The highest BCUT2D eigenvalue weighted by molar-refractivity contribution is 7.20. The molecule has 0 aliphatic carbocycles. The van der Waals surface area contributed by atoms with Crippen LogP contribution in [0, 0.1) is 0 Å². The molecule has 8 nitrogen and oxygen atoms in total. The maximum Gasteiger partial charge on any atom is 0.341 e. The smallest absolute Gasteiger partial charge is 0.341 e.